The van der Waals surface area contributed by atoms with Gasteiger partial charge in [-0.1, -0.05) is 48.5 Å². The van der Waals surface area contributed by atoms with Crippen molar-refractivity contribution >= 4 is 34.4 Å². The van der Waals surface area contributed by atoms with Gasteiger partial charge in [0.25, 0.3) is 11.8 Å². The third-order valence-corrected chi connectivity index (χ3v) is 5.24. The Kier molecular flexibility index (Phi) is 6.65. The van der Waals surface area contributed by atoms with Crippen molar-refractivity contribution in [3.05, 3.63) is 87.5 Å². The monoisotopic (exact) mass is 486 g/mol. The maximum absolute atomic E-state index is 12.1. The van der Waals surface area contributed by atoms with E-state index in [0.29, 0.717) is 11.3 Å². The van der Waals surface area contributed by atoms with Gasteiger partial charge in [-0.15, -0.1) is 0 Å². The van der Waals surface area contributed by atoms with Crippen LogP contribution < -0.4 is 15.6 Å². The minimum atomic E-state index is -0.442. The molecular weight excluding hydrogens is 467 g/mol. The van der Waals surface area contributed by atoms with Crippen LogP contribution in [0.4, 0.5) is 0 Å². The fourth-order valence-corrected chi connectivity index (χ4v) is 3.01. The van der Waals surface area contributed by atoms with Gasteiger partial charge in [0.15, 0.2) is 6.61 Å². The molecule has 0 saturated carbocycles. The maximum Gasteiger partial charge on any atom is 0.276 e. The minimum Gasteiger partial charge on any atom is -0.484 e. The molecule has 6 heteroatoms. The normalized spacial score (nSPS) is 10.2. The van der Waals surface area contributed by atoms with Crippen molar-refractivity contribution in [1.29, 1.82) is 0 Å². The Morgan fingerprint density at radius 2 is 1.57 bits per heavy atom. The highest BCUT2D eigenvalue weighted by Gasteiger charge is 2.09. The van der Waals surface area contributed by atoms with Crippen LogP contribution in [0.1, 0.15) is 15.9 Å². The number of hydrogen-bond donors (Lipinski definition) is 2. The van der Waals surface area contributed by atoms with Gasteiger partial charge in [0, 0.05) is 9.13 Å². The van der Waals surface area contributed by atoms with Crippen molar-refractivity contribution in [1.82, 2.24) is 10.9 Å². The molecule has 142 valence electrons. The van der Waals surface area contributed by atoms with E-state index in [1.807, 2.05) is 67.6 Å². The van der Waals surface area contributed by atoms with Crippen LogP contribution in [-0.2, 0) is 4.79 Å². The quantitative estimate of drug-likeness (QED) is 0.422. The van der Waals surface area contributed by atoms with Crippen LogP contribution >= 0.6 is 22.6 Å². The first-order valence-electron chi connectivity index (χ1n) is 8.66. The second-order valence-electron chi connectivity index (χ2n) is 6.15. The van der Waals surface area contributed by atoms with E-state index in [2.05, 4.69) is 33.4 Å². The first kappa shape index (κ1) is 19.9. The third kappa shape index (κ3) is 5.32. The fraction of sp³-hybridized carbons (Fsp3) is 0.0909. The van der Waals surface area contributed by atoms with Crippen LogP contribution in [0.5, 0.6) is 5.75 Å². The van der Waals surface area contributed by atoms with Gasteiger partial charge in [-0.3, -0.25) is 20.4 Å². The number of carbonyl (C=O) groups excluding carboxylic acids is 2. The van der Waals surface area contributed by atoms with Gasteiger partial charge in [0.05, 0.1) is 0 Å². The topological polar surface area (TPSA) is 67.4 Å². The Morgan fingerprint density at radius 1 is 0.893 bits per heavy atom. The number of carbonyl (C=O) groups is 2. The number of ether oxygens (including phenoxy) is 1. The number of benzene rings is 3. The molecule has 0 aliphatic carbocycles. The SMILES string of the molecule is Cc1ccc(C(=O)NNC(=O)COc2ccc(-c3ccccc3)cc2)cc1I. The van der Waals surface area contributed by atoms with E-state index in [0.717, 1.165) is 20.3 Å². The van der Waals surface area contributed by atoms with Crippen LogP contribution in [0.25, 0.3) is 11.1 Å². The van der Waals surface area contributed by atoms with Crippen LogP contribution in [-0.4, -0.2) is 18.4 Å². The molecule has 0 atom stereocenters. The van der Waals surface area contributed by atoms with E-state index < -0.39 is 5.91 Å². The molecule has 2 amide bonds. The predicted molar refractivity (Wildman–Crippen MR) is 117 cm³/mol. The largest absolute Gasteiger partial charge is 0.484 e. The first-order chi connectivity index (χ1) is 13.5. The van der Waals surface area contributed by atoms with Crippen molar-refractivity contribution in [3.63, 3.8) is 0 Å². The van der Waals surface area contributed by atoms with Crippen molar-refractivity contribution < 1.29 is 14.3 Å². The molecule has 0 fully saturated rings. The number of nitrogens with one attached hydrogen (secondary N) is 2. The molecule has 0 bridgehead atoms. The average molecular weight is 486 g/mol. The molecule has 0 unspecified atom stereocenters. The van der Waals surface area contributed by atoms with E-state index in [1.54, 1.807) is 12.1 Å². The number of hydrogen-bond acceptors (Lipinski definition) is 3. The predicted octanol–water partition coefficient (Wildman–Crippen LogP) is 4.11. The summed E-state index contributed by atoms with van der Waals surface area (Å²) in [7, 11) is 0. The van der Waals surface area contributed by atoms with Crippen LogP contribution in [0.15, 0.2) is 72.8 Å². The summed E-state index contributed by atoms with van der Waals surface area (Å²) >= 11 is 2.16. The number of aryl methyl sites for hydroxylation is 1. The molecule has 0 aliphatic heterocycles. The third-order valence-electron chi connectivity index (χ3n) is 4.08. The lowest BCUT2D eigenvalue weighted by Crippen LogP contribution is -2.43. The van der Waals surface area contributed by atoms with Gasteiger partial charge < -0.3 is 4.74 Å². The average Bonchev–Trinajstić information content (AvgIpc) is 2.73. The van der Waals surface area contributed by atoms with E-state index >= 15 is 0 Å². The molecule has 0 saturated heterocycles. The van der Waals surface area contributed by atoms with E-state index in [-0.39, 0.29) is 12.5 Å². The van der Waals surface area contributed by atoms with Crippen molar-refractivity contribution in [2.75, 3.05) is 6.61 Å². The minimum absolute atomic E-state index is 0.198. The molecule has 3 aromatic carbocycles. The van der Waals surface area contributed by atoms with Crippen LogP contribution in [0.2, 0.25) is 0 Å². The molecule has 5 nitrogen and oxygen atoms in total. The Morgan fingerprint density at radius 3 is 2.25 bits per heavy atom. The lowest BCUT2D eigenvalue weighted by Gasteiger charge is -2.10. The highest BCUT2D eigenvalue weighted by Crippen LogP contribution is 2.22. The van der Waals surface area contributed by atoms with Gasteiger partial charge in [-0.25, -0.2) is 0 Å². The number of halogens is 1. The number of rotatable bonds is 5. The summed E-state index contributed by atoms with van der Waals surface area (Å²) in [5, 5.41) is 0. The smallest absolute Gasteiger partial charge is 0.276 e. The van der Waals surface area contributed by atoms with Gasteiger partial charge in [0.2, 0.25) is 0 Å². The van der Waals surface area contributed by atoms with E-state index in [9.17, 15) is 9.59 Å². The zero-order valence-electron chi connectivity index (χ0n) is 15.2. The molecule has 0 radical (unpaired) electrons. The zero-order valence-corrected chi connectivity index (χ0v) is 17.4. The second kappa shape index (κ2) is 9.36. The molecule has 0 aliphatic rings. The molecule has 3 aromatic rings. The van der Waals surface area contributed by atoms with Crippen molar-refractivity contribution in [2.24, 2.45) is 0 Å². The Bertz CT molecular complexity index is 973. The summed E-state index contributed by atoms with van der Waals surface area (Å²) in [6.45, 7) is 1.77. The Hall–Kier alpha value is -2.87. The second-order valence-corrected chi connectivity index (χ2v) is 7.31. The van der Waals surface area contributed by atoms with Crippen LogP contribution in [0.3, 0.4) is 0 Å². The molecule has 2 N–H and O–H groups in total. The standard InChI is InChI=1S/C22H19IN2O3/c1-15-7-8-18(13-20(15)23)22(27)25-24-21(26)14-28-19-11-9-17(10-12-19)16-5-3-2-4-6-16/h2-13H,14H2,1H3,(H,24,26)(H,25,27). The molecule has 0 spiro atoms. The van der Waals surface area contributed by atoms with Gasteiger partial charge in [0.1, 0.15) is 5.75 Å². The van der Waals surface area contributed by atoms with Gasteiger partial charge in [-0.2, -0.15) is 0 Å². The summed E-state index contributed by atoms with van der Waals surface area (Å²) in [5.41, 5.74) is 8.50. The molecule has 28 heavy (non-hydrogen) atoms. The van der Waals surface area contributed by atoms with Crippen molar-refractivity contribution in [2.45, 2.75) is 6.92 Å². The molecular formula is C22H19IN2O3. The highest BCUT2D eigenvalue weighted by molar-refractivity contribution is 14.1. The van der Waals surface area contributed by atoms with E-state index in [4.69, 9.17) is 4.74 Å². The highest BCUT2D eigenvalue weighted by atomic mass is 127. The van der Waals surface area contributed by atoms with Crippen molar-refractivity contribution in [3.8, 4) is 16.9 Å². The summed E-state index contributed by atoms with van der Waals surface area (Å²) in [6, 6.07) is 22.8. The van der Waals surface area contributed by atoms with E-state index in [1.165, 1.54) is 0 Å². The zero-order chi connectivity index (χ0) is 19.9. The number of hydrazine groups is 1. The maximum atomic E-state index is 12.1. The Labute approximate surface area is 177 Å². The molecule has 0 aromatic heterocycles. The lowest BCUT2D eigenvalue weighted by molar-refractivity contribution is -0.123. The summed E-state index contributed by atoms with van der Waals surface area (Å²) in [4.78, 5) is 24.0. The fourth-order valence-electron chi connectivity index (χ4n) is 2.49. The van der Waals surface area contributed by atoms with Gasteiger partial charge >= 0.3 is 0 Å². The molecule has 0 heterocycles. The van der Waals surface area contributed by atoms with Gasteiger partial charge in [-0.05, 0) is 70.5 Å². The van der Waals surface area contributed by atoms with Crippen LogP contribution in [0, 0.1) is 10.5 Å². The Balaban J connectivity index is 1.47. The summed E-state index contributed by atoms with van der Waals surface area (Å²) in [6.07, 6.45) is 0. The summed E-state index contributed by atoms with van der Waals surface area (Å²) in [5.74, 6) is -0.241. The molecule has 3 rings (SSSR count). The first-order valence-corrected chi connectivity index (χ1v) is 9.74. The lowest BCUT2D eigenvalue weighted by atomic mass is 10.1. The number of amides is 2. The summed E-state index contributed by atoms with van der Waals surface area (Å²) < 4.78 is 6.45.